The van der Waals surface area contributed by atoms with Crippen LogP contribution >= 0.6 is 11.6 Å². The quantitative estimate of drug-likeness (QED) is 0.907. The van der Waals surface area contributed by atoms with Gasteiger partial charge >= 0.3 is 0 Å². The molecule has 1 aliphatic rings. The van der Waals surface area contributed by atoms with Gasteiger partial charge in [-0.15, -0.1) is 0 Å². The monoisotopic (exact) mass is 364 g/mol. The summed E-state index contributed by atoms with van der Waals surface area (Å²) in [7, 11) is -3.60. The van der Waals surface area contributed by atoms with E-state index in [1.165, 1.54) is 24.3 Å². The van der Waals surface area contributed by atoms with Crippen LogP contribution in [-0.4, -0.2) is 26.0 Å². The van der Waals surface area contributed by atoms with Crippen LogP contribution in [0.3, 0.4) is 0 Å². The molecule has 0 unspecified atom stereocenters. The second-order valence-corrected chi connectivity index (χ2v) is 7.61. The van der Waals surface area contributed by atoms with Crippen molar-refractivity contribution in [2.45, 2.75) is 6.42 Å². The number of hydrogen-bond acceptors (Lipinski definition) is 4. The van der Waals surface area contributed by atoms with E-state index < -0.39 is 15.9 Å². The fraction of sp³-hybridized carbons (Fsp3) is 0.125. The molecule has 1 heterocycles. The minimum atomic E-state index is -3.60. The predicted octanol–water partition coefficient (Wildman–Crippen LogP) is 2.66. The van der Waals surface area contributed by atoms with E-state index in [-0.39, 0.29) is 23.8 Å². The predicted molar refractivity (Wildman–Crippen MR) is 91.7 cm³/mol. The van der Waals surface area contributed by atoms with Crippen LogP contribution in [0.25, 0.3) is 0 Å². The normalized spacial score (nSPS) is 16.2. The highest BCUT2D eigenvalue weighted by molar-refractivity contribution is 7.94. The number of sulfonamides is 1. The van der Waals surface area contributed by atoms with Gasteiger partial charge in [-0.3, -0.25) is 9.59 Å². The molecule has 0 radical (unpaired) electrons. The van der Waals surface area contributed by atoms with Gasteiger partial charge in [0.15, 0.2) is 0 Å². The van der Waals surface area contributed by atoms with Crippen molar-refractivity contribution in [1.82, 2.24) is 0 Å². The molecule has 0 aromatic heterocycles. The Morgan fingerprint density at radius 3 is 2.21 bits per heavy atom. The van der Waals surface area contributed by atoms with Crippen LogP contribution in [0.5, 0.6) is 0 Å². The number of hydrogen-bond donors (Lipinski definition) is 1. The van der Waals surface area contributed by atoms with Gasteiger partial charge in [-0.25, -0.2) is 12.7 Å². The van der Waals surface area contributed by atoms with Gasteiger partial charge in [-0.2, -0.15) is 0 Å². The molecule has 1 N–H and O–H groups in total. The molecule has 124 valence electrons. The molecule has 0 aliphatic carbocycles. The zero-order valence-corrected chi connectivity index (χ0v) is 14.0. The van der Waals surface area contributed by atoms with E-state index >= 15 is 0 Å². The SMILES string of the molecule is O=C(Nc1ccc(Cl)cc1)c1ccc(N2C(=O)CCS2(=O)=O)cc1. The number of amides is 2. The molecule has 1 saturated heterocycles. The molecule has 6 nitrogen and oxygen atoms in total. The fourth-order valence-electron chi connectivity index (χ4n) is 2.35. The number of halogens is 1. The second kappa shape index (κ2) is 6.26. The van der Waals surface area contributed by atoms with Gasteiger partial charge in [-0.1, -0.05) is 11.6 Å². The van der Waals surface area contributed by atoms with Crippen LogP contribution in [0.4, 0.5) is 11.4 Å². The number of carbonyl (C=O) groups is 2. The number of nitrogens with one attached hydrogen (secondary N) is 1. The Morgan fingerprint density at radius 2 is 1.67 bits per heavy atom. The molecule has 3 rings (SSSR count). The molecule has 2 aromatic carbocycles. The van der Waals surface area contributed by atoms with Crippen LogP contribution in [0.15, 0.2) is 48.5 Å². The second-order valence-electron chi connectivity index (χ2n) is 5.23. The van der Waals surface area contributed by atoms with Gasteiger partial charge in [-0.05, 0) is 48.5 Å². The zero-order valence-electron chi connectivity index (χ0n) is 12.4. The summed E-state index contributed by atoms with van der Waals surface area (Å²) in [5.41, 5.74) is 1.17. The van der Waals surface area contributed by atoms with E-state index in [1.807, 2.05) is 0 Å². The van der Waals surface area contributed by atoms with E-state index in [0.29, 0.717) is 16.3 Å². The fourth-order valence-corrected chi connectivity index (χ4v) is 3.94. The minimum Gasteiger partial charge on any atom is -0.322 e. The molecule has 2 aromatic rings. The summed E-state index contributed by atoms with van der Waals surface area (Å²) < 4.78 is 24.5. The topological polar surface area (TPSA) is 83.6 Å². The van der Waals surface area contributed by atoms with Crippen molar-refractivity contribution < 1.29 is 18.0 Å². The summed E-state index contributed by atoms with van der Waals surface area (Å²) in [6.07, 6.45) is -0.0266. The lowest BCUT2D eigenvalue weighted by Crippen LogP contribution is -2.29. The Balaban J connectivity index is 1.78. The van der Waals surface area contributed by atoms with Gasteiger partial charge in [0.05, 0.1) is 11.4 Å². The molecule has 0 bridgehead atoms. The molecule has 0 saturated carbocycles. The Kier molecular flexibility index (Phi) is 4.29. The Bertz CT molecular complexity index is 893. The van der Waals surface area contributed by atoms with Gasteiger partial charge in [0.1, 0.15) is 0 Å². The van der Waals surface area contributed by atoms with Crippen molar-refractivity contribution in [3.05, 3.63) is 59.1 Å². The molecule has 2 amide bonds. The smallest absolute Gasteiger partial charge is 0.255 e. The number of carbonyl (C=O) groups excluding carboxylic acids is 2. The summed E-state index contributed by atoms with van der Waals surface area (Å²) in [5.74, 6) is -1.00. The maximum Gasteiger partial charge on any atom is 0.255 e. The van der Waals surface area contributed by atoms with E-state index in [0.717, 1.165) is 4.31 Å². The first kappa shape index (κ1) is 16.5. The van der Waals surface area contributed by atoms with Gasteiger partial charge < -0.3 is 5.32 Å². The summed E-state index contributed by atoms with van der Waals surface area (Å²) in [4.78, 5) is 23.9. The van der Waals surface area contributed by atoms with Crippen molar-refractivity contribution in [3.63, 3.8) is 0 Å². The van der Waals surface area contributed by atoms with Gasteiger partial charge in [0.2, 0.25) is 15.9 Å². The van der Waals surface area contributed by atoms with Crippen molar-refractivity contribution in [2.24, 2.45) is 0 Å². The summed E-state index contributed by atoms with van der Waals surface area (Å²) in [6.45, 7) is 0. The lowest BCUT2D eigenvalue weighted by molar-refractivity contribution is -0.116. The molecule has 24 heavy (non-hydrogen) atoms. The van der Waals surface area contributed by atoms with E-state index in [2.05, 4.69) is 5.32 Å². The molecule has 1 fully saturated rings. The number of rotatable bonds is 3. The molecule has 0 spiro atoms. The lowest BCUT2D eigenvalue weighted by atomic mass is 10.2. The average Bonchev–Trinajstić information content (AvgIpc) is 2.83. The van der Waals surface area contributed by atoms with E-state index in [9.17, 15) is 18.0 Å². The van der Waals surface area contributed by atoms with Crippen molar-refractivity contribution >= 4 is 44.8 Å². The van der Waals surface area contributed by atoms with Crippen LogP contribution in [0, 0.1) is 0 Å². The summed E-state index contributed by atoms with van der Waals surface area (Å²) in [6, 6.07) is 12.5. The van der Waals surface area contributed by atoms with Crippen LogP contribution in [-0.2, 0) is 14.8 Å². The summed E-state index contributed by atoms with van der Waals surface area (Å²) >= 11 is 5.79. The van der Waals surface area contributed by atoms with Crippen LogP contribution in [0.2, 0.25) is 5.02 Å². The first-order valence-electron chi connectivity index (χ1n) is 7.10. The van der Waals surface area contributed by atoms with E-state index in [1.54, 1.807) is 24.3 Å². The molecule has 0 atom stereocenters. The number of nitrogens with zero attached hydrogens (tertiary/aromatic N) is 1. The molecular weight excluding hydrogens is 352 g/mol. The van der Waals surface area contributed by atoms with Crippen LogP contribution in [0.1, 0.15) is 16.8 Å². The average molecular weight is 365 g/mol. The van der Waals surface area contributed by atoms with Crippen molar-refractivity contribution in [1.29, 1.82) is 0 Å². The molecular formula is C16H13ClN2O4S. The number of anilines is 2. The summed E-state index contributed by atoms with van der Waals surface area (Å²) in [5, 5.41) is 3.27. The Labute approximate surface area is 144 Å². The highest BCUT2D eigenvalue weighted by Crippen LogP contribution is 2.25. The van der Waals surface area contributed by atoms with Crippen molar-refractivity contribution in [2.75, 3.05) is 15.4 Å². The number of benzene rings is 2. The van der Waals surface area contributed by atoms with Crippen molar-refractivity contribution in [3.8, 4) is 0 Å². The highest BCUT2D eigenvalue weighted by Gasteiger charge is 2.36. The third kappa shape index (κ3) is 3.27. The third-order valence-electron chi connectivity index (χ3n) is 3.54. The van der Waals surface area contributed by atoms with Gasteiger partial charge in [0, 0.05) is 22.7 Å². The highest BCUT2D eigenvalue weighted by atomic mass is 35.5. The molecule has 8 heteroatoms. The largest absolute Gasteiger partial charge is 0.322 e. The third-order valence-corrected chi connectivity index (χ3v) is 5.49. The van der Waals surface area contributed by atoms with Gasteiger partial charge in [0.25, 0.3) is 5.91 Å². The van der Waals surface area contributed by atoms with E-state index in [4.69, 9.17) is 11.6 Å². The van der Waals surface area contributed by atoms with Crippen LogP contribution < -0.4 is 9.62 Å². The first-order chi connectivity index (χ1) is 11.4. The first-order valence-corrected chi connectivity index (χ1v) is 9.08. The zero-order chi connectivity index (χ0) is 17.3. The molecule has 1 aliphatic heterocycles. The Morgan fingerprint density at radius 1 is 1.04 bits per heavy atom. The Hall–Kier alpha value is -2.38. The standard InChI is InChI=1S/C16H13ClN2O4S/c17-12-3-5-13(6-4-12)18-16(21)11-1-7-14(8-2-11)19-15(20)9-10-24(19,22)23/h1-8H,9-10H2,(H,18,21). The lowest BCUT2D eigenvalue weighted by Gasteiger charge is -2.15. The minimum absolute atomic E-state index is 0.0266. The maximum atomic E-state index is 12.2. The maximum absolute atomic E-state index is 12.2.